The first-order valence-electron chi connectivity index (χ1n) is 9.51. The standard InChI is InChI=1S/C20H24FN5O/c1-15-2-3-18(24-23-15)25-10-5-20(6-11-25)7-12-26(13-8-20)19(27)16-4-9-22-17(21)14-16/h2-4,9,14H,5-8,10-13H2,1H3. The van der Waals surface area contributed by atoms with Gasteiger partial charge in [-0.05, 0) is 56.2 Å². The molecule has 0 aliphatic carbocycles. The van der Waals surface area contributed by atoms with Gasteiger partial charge in [-0.15, -0.1) is 5.10 Å². The third-order valence-corrected chi connectivity index (χ3v) is 6.02. The summed E-state index contributed by atoms with van der Waals surface area (Å²) in [5.74, 6) is 0.238. The van der Waals surface area contributed by atoms with Gasteiger partial charge in [-0.25, -0.2) is 4.98 Å². The molecule has 6 nitrogen and oxygen atoms in total. The molecule has 7 heteroatoms. The highest BCUT2D eigenvalue weighted by molar-refractivity contribution is 5.94. The van der Waals surface area contributed by atoms with Crippen molar-refractivity contribution in [1.29, 1.82) is 0 Å². The zero-order valence-corrected chi connectivity index (χ0v) is 15.6. The number of carbonyl (C=O) groups is 1. The van der Waals surface area contributed by atoms with E-state index in [-0.39, 0.29) is 5.91 Å². The summed E-state index contributed by atoms with van der Waals surface area (Å²) >= 11 is 0. The number of amides is 1. The van der Waals surface area contributed by atoms with E-state index in [9.17, 15) is 9.18 Å². The molecule has 142 valence electrons. The second kappa shape index (κ2) is 7.21. The van der Waals surface area contributed by atoms with Crippen LogP contribution in [-0.4, -0.2) is 52.2 Å². The molecule has 0 atom stereocenters. The molecule has 2 aromatic heterocycles. The first-order valence-corrected chi connectivity index (χ1v) is 9.51. The molecule has 0 aromatic carbocycles. The number of rotatable bonds is 2. The largest absolute Gasteiger partial charge is 0.355 e. The molecule has 27 heavy (non-hydrogen) atoms. The van der Waals surface area contributed by atoms with E-state index in [1.54, 1.807) is 6.07 Å². The van der Waals surface area contributed by atoms with Crippen LogP contribution in [0.15, 0.2) is 30.5 Å². The van der Waals surface area contributed by atoms with E-state index in [0.29, 0.717) is 11.0 Å². The van der Waals surface area contributed by atoms with Crippen molar-refractivity contribution < 1.29 is 9.18 Å². The van der Waals surface area contributed by atoms with Gasteiger partial charge in [0, 0.05) is 44.0 Å². The van der Waals surface area contributed by atoms with E-state index < -0.39 is 5.95 Å². The number of piperidine rings is 2. The zero-order chi connectivity index (χ0) is 18.9. The highest BCUT2D eigenvalue weighted by Gasteiger charge is 2.39. The van der Waals surface area contributed by atoms with Gasteiger partial charge in [-0.3, -0.25) is 4.79 Å². The summed E-state index contributed by atoms with van der Waals surface area (Å²) in [6.45, 7) is 5.35. The van der Waals surface area contributed by atoms with Crippen LogP contribution in [0.5, 0.6) is 0 Å². The van der Waals surface area contributed by atoms with E-state index in [1.165, 1.54) is 12.3 Å². The van der Waals surface area contributed by atoms with Gasteiger partial charge < -0.3 is 9.80 Å². The van der Waals surface area contributed by atoms with Crippen LogP contribution in [0.1, 0.15) is 41.7 Å². The van der Waals surface area contributed by atoms with Crippen LogP contribution >= 0.6 is 0 Å². The lowest BCUT2D eigenvalue weighted by Gasteiger charge is -2.47. The molecule has 0 radical (unpaired) electrons. The van der Waals surface area contributed by atoms with Crippen molar-refractivity contribution in [2.75, 3.05) is 31.1 Å². The summed E-state index contributed by atoms with van der Waals surface area (Å²) < 4.78 is 13.3. The maximum Gasteiger partial charge on any atom is 0.254 e. The maximum absolute atomic E-state index is 13.3. The van der Waals surface area contributed by atoms with Crippen molar-refractivity contribution in [3.63, 3.8) is 0 Å². The van der Waals surface area contributed by atoms with Crippen molar-refractivity contribution in [2.45, 2.75) is 32.6 Å². The van der Waals surface area contributed by atoms with Crippen LogP contribution < -0.4 is 4.90 Å². The third-order valence-electron chi connectivity index (χ3n) is 6.02. The molecule has 2 saturated heterocycles. The van der Waals surface area contributed by atoms with Gasteiger partial charge in [0.2, 0.25) is 5.95 Å². The van der Waals surface area contributed by atoms with Crippen molar-refractivity contribution >= 4 is 11.7 Å². The highest BCUT2D eigenvalue weighted by atomic mass is 19.1. The summed E-state index contributed by atoms with van der Waals surface area (Å²) in [7, 11) is 0. The van der Waals surface area contributed by atoms with Crippen molar-refractivity contribution in [1.82, 2.24) is 20.1 Å². The van der Waals surface area contributed by atoms with E-state index in [4.69, 9.17) is 0 Å². The van der Waals surface area contributed by atoms with E-state index >= 15 is 0 Å². The molecule has 4 rings (SSSR count). The van der Waals surface area contributed by atoms with Gasteiger partial charge in [0.15, 0.2) is 5.82 Å². The van der Waals surface area contributed by atoms with Gasteiger partial charge in [-0.2, -0.15) is 9.49 Å². The molecule has 2 aromatic rings. The number of aryl methyl sites for hydroxylation is 1. The third kappa shape index (κ3) is 3.77. The second-order valence-electron chi connectivity index (χ2n) is 7.68. The minimum absolute atomic E-state index is 0.0986. The maximum atomic E-state index is 13.3. The molecule has 4 heterocycles. The molecular weight excluding hydrogens is 345 g/mol. The number of nitrogens with zero attached hydrogens (tertiary/aromatic N) is 5. The molecule has 2 aliphatic heterocycles. The van der Waals surface area contributed by atoms with Gasteiger partial charge in [0.05, 0.1) is 5.69 Å². The monoisotopic (exact) mass is 369 g/mol. The van der Waals surface area contributed by atoms with Gasteiger partial charge in [-0.1, -0.05) is 0 Å². The van der Waals surface area contributed by atoms with Crippen LogP contribution in [-0.2, 0) is 0 Å². The van der Waals surface area contributed by atoms with E-state index in [0.717, 1.165) is 63.4 Å². The number of hydrogen-bond acceptors (Lipinski definition) is 5. The lowest BCUT2D eigenvalue weighted by Crippen LogP contribution is -2.48. The Morgan fingerprint density at radius 3 is 2.37 bits per heavy atom. The Bertz CT molecular complexity index is 807. The predicted octanol–water partition coefficient (Wildman–Crippen LogP) is 2.84. The number of anilines is 1. The zero-order valence-electron chi connectivity index (χ0n) is 15.6. The molecule has 2 fully saturated rings. The van der Waals surface area contributed by atoms with Crippen LogP contribution in [0.3, 0.4) is 0 Å². The van der Waals surface area contributed by atoms with Crippen molar-refractivity contribution in [3.8, 4) is 0 Å². The lowest BCUT2D eigenvalue weighted by atomic mass is 9.71. The lowest BCUT2D eigenvalue weighted by molar-refractivity contribution is 0.0514. The molecule has 1 spiro atoms. The van der Waals surface area contributed by atoms with Crippen LogP contribution in [0, 0.1) is 18.3 Å². The van der Waals surface area contributed by atoms with E-state index in [1.807, 2.05) is 24.0 Å². The topological polar surface area (TPSA) is 62.2 Å². The molecule has 0 N–H and O–H groups in total. The Morgan fingerprint density at radius 2 is 1.74 bits per heavy atom. The number of likely N-dealkylation sites (tertiary alicyclic amines) is 1. The Hall–Kier alpha value is -2.57. The smallest absolute Gasteiger partial charge is 0.254 e. The fraction of sp³-hybridized carbons (Fsp3) is 0.500. The number of aromatic nitrogens is 3. The quantitative estimate of drug-likeness (QED) is 0.762. The Kier molecular flexibility index (Phi) is 4.76. The SMILES string of the molecule is Cc1ccc(N2CCC3(CCN(C(=O)c4ccnc(F)c4)CC3)CC2)nn1. The van der Waals surface area contributed by atoms with Crippen LogP contribution in [0.4, 0.5) is 10.2 Å². The summed E-state index contributed by atoms with van der Waals surface area (Å²) in [6.07, 6.45) is 5.56. The fourth-order valence-corrected chi connectivity index (χ4v) is 4.17. The Balaban J connectivity index is 1.34. The summed E-state index contributed by atoms with van der Waals surface area (Å²) in [4.78, 5) is 20.3. The molecule has 0 unspecified atom stereocenters. The van der Waals surface area contributed by atoms with E-state index in [2.05, 4.69) is 20.1 Å². The predicted molar refractivity (Wildman–Crippen MR) is 100.0 cm³/mol. The summed E-state index contributed by atoms with van der Waals surface area (Å²) in [6, 6.07) is 6.83. The average molecular weight is 369 g/mol. The normalized spacial score (nSPS) is 19.3. The van der Waals surface area contributed by atoms with Gasteiger partial charge in [0.25, 0.3) is 5.91 Å². The second-order valence-corrected chi connectivity index (χ2v) is 7.68. The molecule has 0 saturated carbocycles. The molecular formula is C20H24FN5O. The van der Waals surface area contributed by atoms with Gasteiger partial charge >= 0.3 is 0 Å². The Morgan fingerprint density at radius 1 is 1.04 bits per heavy atom. The Labute approximate surface area is 158 Å². The van der Waals surface area contributed by atoms with Crippen molar-refractivity contribution in [2.24, 2.45) is 5.41 Å². The van der Waals surface area contributed by atoms with Crippen LogP contribution in [0.2, 0.25) is 0 Å². The summed E-state index contributed by atoms with van der Waals surface area (Å²) in [5, 5.41) is 8.45. The first kappa shape index (κ1) is 17.8. The van der Waals surface area contributed by atoms with Gasteiger partial charge in [0.1, 0.15) is 0 Å². The number of halogens is 1. The van der Waals surface area contributed by atoms with Crippen molar-refractivity contribution in [3.05, 3.63) is 47.7 Å². The average Bonchev–Trinajstić information content (AvgIpc) is 2.69. The minimum Gasteiger partial charge on any atom is -0.355 e. The number of pyridine rings is 1. The molecule has 1 amide bonds. The molecule has 0 bridgehead atoms. The highest BCUT2D eigenvalue weighted by Crippen LogP contribution is 2.42. The first-order chi connectivity index (χ1) is 13.0. The fourth-order valence-electron chi connectivity index (χ4n) is 4.17. The number of carbonyl (C=O) groups excluding carboxylic acids is 1. The van der Waals surface area contributed by atoms with Crippen LogP contribution in [0.25, 0.3) is 0 Å². The number of hydrogen-bond donors (Lipinski definition) is 0. The minimum atomic E-state index is -0.610. The summed E-state index contributed by atoms with van der Waals surface area (Å²) in [5.41, 5.74) is 1.61. The molecule has 2 aliphatic rings.